The largest absolute Gasteiger partial charge is 0.324 e. The van der Waals surface area contributed by atoms with Crippen molar-refractivity contribution in [1.29, 1.82) is 0 Å². The predicted molar refractivity (Wildman–Crippen MR) is 85.0 cm³/mol. The quantitative estimate of drug-likeness (QED) is 0.748. The van der Waals surface area contributed by atoms with E-state index in [0.717, 1.165) is 37.7 Å². The Hall–Kier alpha value is -1.22. The average molecular weight is 299 g/mol. The number of nitrogens with two attached hydrogens (primary N) is 1. The molecule has 4 aliphatic rings. The molecule has 0 aliphatic heterocycles. The highest BCUT2D eigenvalue weighted by molar-refractivity contribution is 6.01. The fraction of sp³-hybridized carbons (Fsp3) is 0.684. The molecule has 4 rings (SSSR count). The lowest BCUT2D eigenvalue weighted by atomic mass is 9.47. The summed E-state index contributed by atoms with van der Waals surface area (Å²) in [7, 11) is 0. The molecule has 0 aromatic heterocycles. The Bertz CT molecular complexity index is 619. The van der Waals surface area contributed by atoms with E-state index in [0.29, 0.717) is 23.5 Å². The number of ketones is 2. The Kier molecular flexibility index (Phi) is 2.88. The minimum atomic E-state index is -0.118. The van der Waals surface area contributed by atoms with E-state index in [9.17, 15) is 9.59 Å². The number of hydrogen-bond acceptors (Lipinski definition) is 3. The highest BCUT2D eigenvalue weighted by Crippen LogP contribution is 2.63. The van der Waals surface area contributed by atoms with E-state index < -0.39 is 0 Å². The Morgan fingerprint density at radius 2 is 1.95 bits per heavy atom. The minimum absolute atomic E-state index is 0.0433. The van der Waals surface area contributed by atoms with Crippen molar-refractivity contribution in [2.45, 2.75) is 52.0 Å². The Balaban J connectivity index is 1.76. The molecular weight excluding hydrogens is 274 g/mol. The molecule has 0 spiro atoms. The number of rotatable bonds is 0. The third-order valence-electron chi connectivity index (χ3n) is 7.36. The van der Waals surface area contributed by atoms with Gasteiger partial charge in [-0.25, -0.2) is 0 Å². The smallest absolute Gasteiger partial charge is 0.178 e. The molecule has 0 amide bonds. The third-order valence-corrected chi connectivity index (χ3v) is 7.36. The van der Waals surface area contributed by atoms with Crippen LogP contribution in [-0.2, 0) is 9.59 Å². The lowest BCUT2D eigenvalue weighted by Crippen LogP contribution is -2.54. The lowest BCUT2D eigenvalue weighted by Gasteiger charge is -2.57. The summed E-state index contributed by atoms with van der Waals surface area (Å²) in [6, 6.07) is -0.0433. The molecule has 0 saturated heterocycles. The summed E-state index contributed by atoms with van der Waals surface area (Å²) in [5, 5.41) is 0. The van der Waals surface area contributed by atoms with E-state index in [1.54, 1.807) is 12.2 Å². The molecular formula is C19H25NO2. The van der Waals surface area contributed by atoms with Gasteiger partial charge in [0.1, 0.15) is 5.78 Å². The molecule has 0 aromatic rings. The van der Waals surface area contributed by atoms with Crippen LogP contribution in [0.1, 0.15) is 46.0 Å². The Labute approximate surface area is 132 Å². The molecule has 3 fully saturated rings. The first-order chi connectivity index (χ1) is 10.4. The van der Waals surface area contributed by atoms with Crippen LogP contribution >= 0.6 is 0 Å². The van der Waals surface area contributed by atoms with Gasteiger partial charge in [-0.05, 0) is 61.2 Å². The summed E-state index contributed by atoms with van der Waals surface area (Å²) in [5.41, 5.74) is 7.37. The minimum Gasteiger partial charge on any atom is -0.324 e. The van der Waals surface area contributed by atoms with Gasteiger partial charge in [0.15, 0.2) is 5.78 Å². The van der Waals surface area contributed by atoms with E-state index in [4.69, 9.17) is 5.73 Å². The Morgan fingerprint density at radius 1 is 1.18 bits per heavy atom. The standard InChI is InChI=1S/C19H25NO2/c1-18-7-5-11(21)9-15(18)16(20)10-12-13-3-4-17(22)19(13,2)8-6-14(12)18/h5,7,9,12-14,16H,3-4,6,8,10,20H2,1-2H3/t12-,13-,14-,16-,18+,19-/m0/s1. The first-order valence-electron chi connectivity index (χ1n) is 8.60. The van der Waals surface area contributed by atoms with E-state index in [1.807, 2.05) is 0 Å². The van der Waals surface area contributed by atoms with E-state index in [-0.39, 0.29) is 22.7 Å². The number of hydrogen-bond donors (Lipinski definition) is 1. The molecule has 3 nitrogen and oxygen atoms in total. The van der Waals surface area contributed by atoms with Crippen molar-refractivity contribution in [3.8, 4) is 0 Å². The van der Waals surface area contributed by atoms with E-state index >= 15 is 0 Å². The third kappa shape index (κ3) is 1.66. The summed E-state index contributed by atoms with van der Waals surface area (Å²) >= 11 is 0. The van der Waals surface area contributed by atoms with Crippen LogP contribution in [0.2, 0.25) is 0 Å². The molecule has 0 heterocycles. The van der Waals surface area contributed by atoms with Crippen LogP contribution in [0.25, 0.3) is 0 Å². The van der Waals surface area contributed by atoms with Crippen molar-refractivity contribution < 1.29 is 9.59 Å². The maximum Gasteiger partial charge on any atom is 0.178 e. The van der Waals surface area contributed by atoms with Crippen LogP contribution < -0.4 is 5.73 Å². The highest BCUT2D eigenvalue weighted by atomic mass is 16.1. The van der Waals surface area contributed by atoms with Crippen LogP contribution in [0, 0.1) is 28.6 Å². The fourth-order valence-corrected chi connectivity index (χ4v) is 6.10. The van der Waals surface area contributed by atoms with Crippen molar-refractivity contribution in [2.24, 2.45) is 34.3 Å². The van der Waals surface area contributed by atoms with Gasteiger partial charge in [-0.15, -0.1) is 0 Å². The zero-order valence-corrected chi connectivity index (χ0v) is 13.5. The molecule has 3 saturated carbocycles. The lowest BCUT2D eigenvalue weighted by molar-refractivity contribution is -0.131. The van der Waals surface area contributed by atoms with Crippen LogP contribution in [-0.4, -0.2) is 17.6 Å². The van der Waals surface area contributed by atoms with Gasteiger partial charge in [-0.1, -0.05) is 19.9 Å². The molecule has 22 heavy (non-hydrogen) atoms. The average Bonchev–Trinajstić information content (AvgIpc) is 2.77. The summed E-state index contributed by atoms with van der Waals surface area (Å²) in [5.74, 6) is 2.05. The molecule has 0 radical (unpaired) electrons. The maximum atomic E-state index is 12.4. The normalized spacial score (nSPS) is 50.2. The summed E-state index contributed by atoms with van der Waals surface area (Å²) < 4.78 is 0. The first kappa shape index (κ1) is 14.4. The summed E-state index contributed by atoms with van der Waals surface area (Å²) in [6.07, 6.45) is 10.4. The highest BCUT2D eigenvalue weighted by Gasteiger charge is 2.59. The number of carbonyl (C=O) groups excluding carboxylic acids is 2. The van der Waals surface area contributed by atoms with Crippen molar-refractivity contribution in [2.75, 3.05) is 0 Å². The number of Topliss-reactive ketones (excluding diaryl/α,β-unsaturated/α-hetero) is 1. The van der Waals surface area contributed by atoms with Crippen molar-refractivity contribution >= 4 is 11.6 Å². The molecule has 0 aromatic carbocycles. The van der Waals surface area contributed by atoms with Gasteiger partial charge in [-0.3, -0.25) is 9.59 Å². The second-order valence-electron chi connectivity index (χ2n) is 8.26. The topological polar surface area (TPSA) is 60.2 Å². The number of carbonyl (C=O) groups is 2. The zero-order chi connectivity index (χ0) is 15.7. The predicted octanol–water partition coefficient (Wildman–Crippen LogP) is 2.80. The summed E-state index contributed by atoms with van der Waals surface area (Å²) in [6.45, 7) is 4.43. The number of fused-ring (bicyclic) bond motifs is 5. The maximum absolute atomic E-state index is 12.4. The molecule has 6 atom stereocenters. The SMILES string of the molecule is C[C@]12C=CC(=O)C=C1[C@@H](N)C[C@@H]1[C@@H]2CC[C@]2(C)C(=O)CC[C@@H]12. The molecule has 4 aliphatic carbocycles. The van der Waals surface area contributed by atoms with Gasteiger partial charge in [-0.2, -0.15) is 0 Å². The van der Waals surface area contributed by atoms with Crippen LogP contribution in [0.4, 0.5) is 0 Å². The Morgan fingerprint density at radius 3 is 2.73 bits per heavy atom. The van der Waals surface area contributed by atoms with Gasteiger partial charge in [0.05, 0.1) is 0 Å². The monoisotopic (exact) mass is 299 g/mol. The van der Waals surface area contributed by atoms with E-state index in [1.165, 1.54) is 0 Å². The van der Waals surface area contributed by atoms with Crippen LogP contribution in [0.3, 0.4) is 0 Å². The molecule has 0 bridgehead atoms. The van der Waals surface area contributed by atoms with Gasteiger partial charge >= 0.3 is 0 Å². The molecule has 3 heteroatoms. The number of allylic oxidation sites excluding steroid dienone is 3. The molecule has 118 valence electrons. The van der Waals surface area contributed by atoms with Gasteiger partial charge in [0, 0.05) is 23.3 Å². The zero-order valence-electron chi connectivity index (χ0n) is 13.5. The second-order valence-corrected chi connectivity index (χ2v) is 8.26. The van der Waals surface area contributed by atoms with Crippen LogP contribution in [0.15, 0.2) is 23.8 Å². The summed E-state index contributed by atoms with van der Waals surface area (Å²) in [4.78, 5) is 24.2. The second kappa shape index (κ2) is 4.41. The van der Waals surface area contributed by atoms with Crippen molar-refractivity contribution in [3.63, 3.8) is 0 Å². The van der Waals surface area contributed by atoms with Crippen LogP contribution in [0.5, 0.6) is 0 Å². The van der Waals surface area contributed by atoms with Gasteiger partial charge < -0.3 is 5.73 Å². The van der Waals surface area contributed by atoms with Crippen molar-refractivity contribution in [3.05, 3.63) is 23.8 Å². The van der Waals surface area contributed by atoms with Gasteiger partial charge in [0.25, 0.3) is 0 Å². The molecule has 0 unspecified atom stereocenters. The van der Waals surface area contributed by atoms with E-state index in [2.05, 4.69) is 19.9 Å². The first-order valence-corrected chi connectivity index (χ1v) is 8.60. The molecule has 2 N–H and O–H groups in total. The fourth-order valence-electron chi connectivity index (χ4n) is 6.10. The van der Waals surface area contributed by atoms with Crippen molar-refractivity contribution in [1.82, 2.24) is 0 Å². The van der Waals surface area contributed by atoms with Gasteiger partial charge in [0.2, 0.25) is 0 Å².